The molecule has 1 rings (SSSR count). The van der Waals surface area contributed by atoms with Crippen molar-refractivity contribution in [2.45, 2.75) is 4.90 Å². The van der Waals surface area contributed by atoms with Crippen molar-refractivity contribution >= 4 is 29.7 Å². The first-order valence-corrected chi connectivity index (χ1v) is 7.07. The molecular weight excluding hydrogens is 274 g/mol. The molecule has 1 N–H and O–H groups in total. The van der Waals surface area contributed by atoms with Gasteiger partial charge in [0, 0.05) is 11.0 Å². The number of rotatable bonds is 6. The Morgan fingerprint density at radius 3 is 2.70 bits per heavy atom. The summed E-state index contributed by atoms with van der Waals surface area (Å²) in [5.41, 5.74) is 0.886. The molecule has 0 spiro atoms. The predicted molar refractivity (Wildman–Crippen MR) is 80.1 cm³/mol. The first-order chi connectivity index (χ1) is 9.65. The zero-order valence-electron chi connectivity index (χ0n) is 11.1. The number of carbonyl (C=O) groups is 2. The van der Waals surface area contributed by atoms with Crippen LogP contribution >= 0.6 is 11.8 Å². The molecule has 1 aromatic carbocycles. The topological polar surface area (TPSA) is 55.4 Å². The summed E-state index contributed by atoms with van der Waals surface area (Å²) in [5, 5.41) is 2.40. The Kier molecular flexibility index (Phi) is 7.01. The zero-order valence-corrected chi connectivity index (χ0v) is 11.9. The number of hydrogen-bond donors (Lipinski definition) is 1. The third kappa shape index (κ3) is 6.12. The number of thioether (sulfide) groups is 1. The summed E-state index contributed by atoms with van der Waals surface area (Å²) < 4.78 is 4.76. The van der Waals surface area contributed by atoms with Crippen molar-refractivity contribution < 1.29 is 14.3 Å². The molecule has 20 heavy (non-hydrogen) atoms. The third-order valence-corrected chi connectivity index (χ3v) is 3.00. The van der Waals surface area contributed by atoms with Crippen molar-refractivity contribution in [2.75, 3.05) is 19.4 Å². The van der Waals surface area contributed by atoms with E-state index in [1.165, 1.54) is 6.08 Å². The molecule has 0 unspecified atom stereocenters. The number of nitrogens with one attached hydrogen (secondary N) is 1. The molecular formula is C15H15NO3S. The van der Waals surface area contributed by atoms with Gasteiger partial charge in [-0.05, 0) is 30.0 Å². The Morgan fingerprint density at radius 2 is 2.10 bits per heavy atom. The lowest BCUT2D eigenvalue weighted by Crippen LogP contribution is -2.28. The standard InChI is InChI=1S/C15H15NO3S/c1-3-10-16-14(17)11-19-15(18)9-6-12-4-7-13(20-2)8-5-12/h1,4-9H,10-11H2,2H3,(H,16,17)/b9-6+. The molecule has 0 fully saturated rings. The van der Waals surface area contributed by atoms with Crippen LogP contribution in [-0.4, -0.2) is 31.3 Å². The number of hydrogen-bond acceptors (Lipinski definition) is 4. The molecule has 1 aromatic rings. The summed E-state index contributed by atoms with van der Waals surface area (Å²) in [6.07, 6.45) is 9.88. The molecule has 0 saturated carbocycles. The fourth-order valence-corrected chi connectivity index (χ4v) is 1.67. The molecule has 0 aliphatic rings. The van der Waals surface area contributed by atoms with Crippen molar-refractivity contribution in [1.29, 1.82) is 0 Å². The monoisotopic (exact) mass is 289 g/mol. The number of ether oxygens (including phenoxy) is 1. The summed E-state index contributed by atoms with van der Waals surface area (Å²) >= 11 is 1.65. The van der Waals surface area contributed by atoms with Crippen LogP contribution in [0.25, 0.3) is 6.08 Å². The molecule has 1 amide bonds. The molecule has 0 aromatic heterocycles. The van der Waals surface area contributed by atoms with E-state index < -0.39 is 11.9 Å². The summed E-state index contributed by atoms with van der Waals surface area (Å²) in [4.78, 5) is 23.7. The van der Waals surface area contributed by atoms with Gasteiger partial charge in [-0.25, -0.2) is 4.79 Å². The molecule has 0 heterocycles. The molecule has 0 aliphatic heterocycles. The van der Waals surface area contributed by atoms with Crippen molar-refractivity contribution in [1.82, 2.24) is 5.32 Å². The smallest absolute Gasteiger partial charge is 0.331 e. The zero-order chi connectivity index (χ0) is 14.8. The minimum atomic E-state index is -0.574. The van der Waals surface area contributed by atoms with Crippen LogP contribution in [0.3, 0.4) is 0 Å². The molecule has 4 nitrogen and oxygen atoms in total. The largest absolute Gasteiger partial charge is 0.452 e. The first kappa shape index (κ1) is 15.9. The van der Waals surface area contributed by atoms with E-state index in [9.17, 15) is 9.59 Å². The number of benzene rings is 1. The van der Waals surface area contributed by atoms with Crippen LogP contribution in [0.4, 0.5) is 0 Å². The van der Waals surface area contributed by atoms with E-state index in [1.807, 2.05) is 30.5 Å². The van der Waals surface area contributed by atoms with Gasteiger partial charge in [-0.3, -0.25) is 4.79 Å². The molecule has 0 atom stereocenters. The quantitative estimate of drug-likeness (QED) is 0.375. The van der Waals surface area contributed by atoms with Crippen molar-refractivity contribution in [3.05, 3.63) is 35.9 Å². The van der Waals surface area contributed by atoms with Crippen LogP contribution in [0.15, 0.2) is 35.2 Å². The van der Waals surface area contributed by atoms with Gasteiger partial charge in [-0.2, -0.15) is 0 Å². The van der Waals surface area contributed by atoms with Crippen LogP contribution in [0.5, 0.6) is 0 Å². The lowest BCUT2D eigenvalue weighted by Gasteiger charge is -2.01. The highest BCUT2D eigenvalue weighted by atomic mass is 32.2. The Morgan fingerprint density at radius 1 is 1.40 bits per heavy atom. The van der Waals surface area contributed by atoms with Crippen LogP contribution in [0.2, 0.25) is 0 Å². The Hall–Kier alpha value is -2.19. The summed E-state index contributed by atoms with van der Waals surface area (Å²) in [7, 11) is 0. The Balaban J connectivity index is 2.39. The normalized spacial score (nSPS) is 10.0. The predicted octanol–water partition coefficient (Wildman–Crippen LogP) is 1.71. The van der Waals surface area contributed by atoms with Gasteiger partial charge in [0.15, 0.2) is 6.61 Å². The SMILES string of the molecule is C#CCNC(=O)COC(=O)/C=C/c1ccc(SC)cc1. The van der Waals surface area contributed by atoms with Gasteiger partial charge in [0.05, 0.1) is 6.54 Å². The lowest BCUT2D eigenvalue weighted by molar-refractivity contribution is -0.143. The second-order valence-electron chi connectivity index (χ2n) is 3.70. The minimum absolute atomic E-state index is 0.119. The molecule has 0 aliphatic carbocycles. The highest BCUT2D eigenvalue weighted by Crippen LogP contribution is 2.15. The van der Waals surface area contributed by atoms with Crippen LogP contribution < -0.4 is 5.32 Å². The van der Waals surface area contributed by atoms with E-state index in [0.717, 1.165) is 10.5 Å². The fraction of sp³-hybridized carbons (Fsp3) is 0.200. The summed E-state index contributed by atoms with van der Waals surface area (Å²) in [5.74, 6) is 1.26. The number of amides is 1. The second kappa shape index (κ2) is 8.83. The van der Waals surface area contributed by atoms with Gasteiger partial charge in [0.1, 0.15) is 0 Å². The number of terminal acetylenes is 1. The van der Waals surface area contributed by atoms with E-state index >= 15 is 0 Å². The van der Waals surface area contributed by atoms with E-state index in [0.29, 0.717) is 0 Å². The lowest BCUT2D eigenvalue weighted by atomic mass is 10.2. The molecule has 104 valence electrons. The van der Waals surface area contributed by atoms with E-state index in [2.05, 4.69) is 11.2 Å². The average molecular weight is 289 g/mol. The maximum Gasteiger partial charge on any atom is 0.331 e. The number of esters is 1. The first-order valence-electron chi connectivity index (χ1n) is 5.84. The minimum Gasteiger partial charge on any atom is -0.452 e. The highest BCUT2D eigenvalue weighted by molar-refractivity contribution is 7.98. The highest BCUT2D eigenvalue weighted by Gasteiger charge is 2.03. The molecule has 5 heteroatoms. The molecule has 0 bridgehead atoms. The maximum atomic E-state index is 11.4. The summed E-state index contributed by atoms with van der Waals surface area (Å²) in [6.45, 7) is -0.218. The van der Waals surface area contributed by atoms with Gasteiger partial charge in [-0.15, -0.1) is 18.2 Å². The number of carbonyl (C=O) groups excluding carboxylic acids is 2. The Labute approximate surface area is 122 Å². The van der Waals surface area contributed by atoms with Gasteiger partial charge in [0.25, 0.3) is 5.91 Å². The van der Waals surface area contributed by atoms with Crippen molar-refractivity contribution in [3.8, 4) is 12.3 Å². The van der Waals surface area contributed by atoms with Gasteiger partial charge >= 0.3 is 5.97 Å². The molecule has 0 saturated heterocycles. The van der Waals surface area contributed by atoms with Crippen LogP contribution in [0, 0.1) is 12.3 Å². The average Bonchev–Trinajstić information content (AvgIpc) is 2.49. The van der Waals surface area contributed by atoms with E-state index in [1.54, 1.807) is 17.8 Å². The van der Waals surface area contributed by atoms with Gasteiger partial charge < -0.3 is 10.1 Å². The van der Waals surface area contributed by atoms with Crippen LogP contribution in [0.1, 0.15) is 5.56 Å². The van der Waals surface area contributed by atoms with E-state index in [4.69, 9.17) is 11.2 Å². The van der Waals surface area contributed by atoms with Gasteiger partial charge in [0.2, 0.25) is 0 Å². The third-order valence-electron chi connectivity index (χ3n) is 2.26. The van der Waals surface area contributed by atoms with Crippen LogP contribution in [-0.2, 0) is 14.3 Å². The van der Waals surface area contributed by atoms with Crippen molar-refractivity contribution in [2.24, 2.45) is 0 Å². The second-order valence-corrected chi connectivity index (χ2v) is 4.57. The fourth-order valence-electron chi connectivity index (χ4n) is 1.26. The Bertz CT molecular complexity index is 529. The van der Waals surface area contributed by atoms with E-state index in [-0.39, 0.29) is 13.2 Å². The summed E-state index contributed by atoms with van der Waals surface area (Å²) in [6, 6.07) is 7.72. The van der Waals surface area contributed by atoms with Crippen molar-refractivity contribution in [3.63, 3.8) is 0 Å². The molecule has 0 radical (unpaired) electrons. The van der Waals surface area contributed by atoms with Gasteiger partial charge in [-0.1, -0.05) is 18.1 Å². The maximum absolute atomic E-state index is 11.4.